The van der Waals surface area contributed by atoms with Gasteiger partial charge in [-0.15, -0.1) is 0 Å². The molecule has 3 rings (SSSR count). The lowest BCUT2D eigenvalue weighted by Gasteiger charge is -2.08. The molecule has 0 atom stereocenters. The summed E-state index contributed by atoms with van der Waals surface area (Å²) >= 11 is 1.62. The van der Waals surface area contributed by atoms with Crippen molar-refractivity contribution in [1.29, 1.82) is 0 Å². The van der Waals surface area contributed by atoms with Crippen molar-refractivity contribution in [2.24, 2.45) is 5.18 Å². The maximum Gasteiger partial charge on any atom is 0.127 e. The summed E-state index contributed by atoms with van der Waals surface area (Å²) in [6.07, 6.45) is 0. The molecule has 0 aliphatic carbocycles. The van der Waals surface area contributed by atoms with Gasteiger partial charge in [0.1, 0.15) is 18.0 Å². The third-order valence-corrected chi connectivity index (χ3v) is 4.48. The minimum atomic E-state index is 0.175. The van der Waals surface area contributed by atoms with Crippen LogP contribution >= 0.6 is 11.8 Å². The Morgan fingerprint density at radius 3 is 2.12 bits per heavy atom. The van der Waals surface area contributed by atoms with E-state index in [-0.39, 0.29) is 6.54 Å². The first-order valence-corrected chi connectivity index (χ1v) is 8.24. The SMILES string of the molecule is Nc1ccccc1Sc1ccc(Oc2ccc(CN=O)cc2)cc1. The predicted molar refractivity (Wildman–Crippen MR) is 97.4 cm³/mol. The molecule has 5 heteroatoms. The minimum Gasteiger partial charge on any atom is -0.457 e. The Balaban J connectivity index is 1.66. The van der Waals surface area contributed by atoms with Crippen molar-refractivity contribution in [1.82, 2.24) is 0 Å². The highest BCUT2D eigenvalue weighted by Crippen LogP contribution is 2.33. The lowest BCUT2D eigenvalue weighted by atomic mass is 10.2. The molecule has 0 spiro atoms. The van der Waals surface area contributed by atoms with Gasteiger partial charge in [0, 0.05) is 15.5 Å². The lowest BCUT2D eigenvalue weighted by Crippen LogP contribution is -1.87. The summed E-state index contributed by atoms with van der Waals surface area (Å²) in [6.45, 7) is 0.175. The summed E-state index contributed by atoms with van der Waals surface area (Å²) in [5, 5.41) is 2.87. The molecule has 0 saturated heterocycles. The van der Waals surface area contributed by atoms with Gasteiger partial charge in [-0.2, -0.15) is 4.91 Å². The Labute approximate surface area is 144 Å². The van der Waals surface area contributed by atoms with E-state index in [1.807, 2.05) is 72.8 Å². The van der Waals surface area contributed by atoms with Crippen LogP contribution in [0.25, 0.3) is 0 Å². The Bertz CT molecular complexity index is 818. The van der Waals surface area contributed by atoms with E-state index in [1.165, 1.54) is 0 Å². The maximum atomic E-state index is 10.2. The number of ether oxygens (including phenoxy) is 1. The van der Waals surface area contributed by atoms with Gasteiger partial charge in [-0.1, -0.05) is 41.2 Å². The average Bonchev–Trinajstić information content (AvgIpc) is 2.61. The standard InChI is InChI=1S/C19H16N2O2S/c20-18-3-1-2-4-19(18)24-17-11-9-16(10-12-17)23-15-7-5-14(6-8-15)13-21-22/h1-12H,13,20H2. The fourth-order valence-electron chi connectivity index (χ4n) is 2.15. The number of para-hydroxylation sites is 1. The number of hydrogen-bond acceptors (Lipinski definition) is 5. The van der Waals surface area contributed by atoms with E-state index in [2.05, 4.69) is 5.18 Å². The fourth-order valence-corrected chi connectivity index (χ4v) is 3.01. The highest BCUT2D eigenvalue weighted by atomic mass is 32.2. The molecule has 0 aromatic heterocycles. The minimum absolute atomic E-state index is 0.175. The molecule has 3 aromatic rings. The van der Waals surface area contributed by atoms with Gasteiger partial charge in [-0.25, -0.2) is 0 Å². The van der Waals surface area contributed by atoms with E-state index >= 15 is 0 Å². The zero-order valence-corrected chi connectivity index (χ0v) is 13.7. The predicted octanol–water partition coefficient (Wildman–Crippen LogP) is 5.48. The summed E-state index contributed by atoms with van der Waals surface area (Å²) in [6, 6.07) is 22.9. The van der Waals surface area contributed by atoms with E-state index in [4.69, 9.17) is 10.5 Å². The molecule has 3 aromatic carbocycles. The number of nitrogens with two attached hydrogens (primary N) is 1. The van der Waals surface area contributed by atoms with E-state index in [1.54, 1.807) is 11.8 Å². The van der Waals surface area contributed by atoms with Crippen LogP contribution in [0.5, 0.6) is 11.5 Å². The van der Waals surface area contributed by atoms with Gasteiger partial charge >= 0.3 is 0 Å². The van der Waals surface area contributed by atoms with Crippen molar-refractivity contribution in [3.63, 3.8) is 0 Å². The van der Waals surface area contributed by atoms with Gasteiger partial charge in [0.15, 0.2) is 0 Å². The van der Waals surface area contributed by atoms with Crippen LogP contribution in [0.3, 0.4) is 0 Å². The van der Waals surface area contributed by atoms with Crippen molar-refractivity contribution in [2.45, 2.75) is 16.3 Å². The third-order valence-electron chi connectivity index (χ3n) is 3.38. The first-order chi connectivity index (χ1) is 11.7. The largest absolute Gasteiger partial charge is 0.457 e. The van der Waals surface area contributed by atoms with Gasteiger partial charge in [0.25, 0.3) is 0 Å². The Morgan fingerprint density at radius 1 is 0.875 bits per heavy atom. The molecule has 0 radical (unpaired) electrons. The van der Waals surface area contributed by atoms with Crippen LogP contribution in [0.2, 0.25) is 0 Å². The lowest BCUT2D eigenvalue weighted by molar-refractivity contribution is 0.482. The molecule has 0 heterocycles. The summed E-state index contributed by atoms with van der Waals surface area (Å²) < 4.78 is 5.80. The molecule has 0 saturated carbocycles. The molecular weight excluding hydrogens is 320 g/mol. The van der Waals surface area contributed by atoms with Crippen LogP contribution < -0.4 is 10.5 Å². The Hall–Kier alpha value is -2.79. The molecule has 4 nitrogen and oxygen atoms in total. The molecule has 0 fully saturated rings. The summed E-state index contributed by atoms with van der Waals surface area (Å²) in [5.41, 5.74) is 7.60. The third kappa shape index (κ3) is 4.14. The first kappa shape index (κ1) is 16.1. The van der Waals surface area contributed by atoms with Gasteiger partial charge in [-0.3, -0.25) is 0 Å². The van der Waals surface area contributed by atoms with Crippen LogP contribution in [-0.4, -0.2) is 0 Å². The highest BCUT2D eigenvalue weighted by Gasteiger charge is 2.03. The molecule has 0 aliphatic rings. The number of nitrogens with zero attached hydrogens (tertiary/aromatic N) is 1. The number of hydrogen-bond donors (Lipinski definition) is 1. The van der Waals surface area contributed by atoms with E-state index < -0.39 is 0 Å². The van der Waals surface area contributed by atoms with Crippen LogP contribution in [0, 0.1) is 4.91 Å². The smallest absolute Gasteiger partial charge is 0.127 e. The summed E-state index contributed by atoms with van der Waals surface area (Å²) in [5.74, 6) is 1.47. The summed E-state index contributed by atoms with van der Waals surface area (Å²) in [7, 11) is 0. The molecule has 0 aliphatic heterocycles. The highest BCUT2D eigenvalue weighted by molar-refractivity contribution is 7.99. The number of nitrogen functional groups attached to an aromatic ring is 1. The second-order valence-electron chi connectivity index (χ2n) is 5.14. The van der Waals surface area contributed by atoms with E-state index in [9.17, 15) is 4.91 Å². The normalized spacial score (nSPS) is 10.3. The molecule has 120 valence electrons. The van der Waals surface area contributed by atoms with Crippen LogP contribution in [0.15, 0.2) is 87.8 Å². The summed E-state index contributed by atoms with van der Waals surface area (Å²) in [4.78, 5) is 12.4. The Kier molecular flexibility index (Phi) is 5.13. The molecule has 0 amide bonds. The Morgan fingerprint density at radius 2 is 1.50 bits per heavy atom. The van der Waals surface area contributed by atoms with Gasteiger partial charge < -0.3 is 10.5 Å². The molecule has 0 bridgehead atoms. The van der Waals surface area contributed by atoms with Crippen molar-refractivity contribution in [3.8, 4) is 11.5 Å². The number of nitroso groups, excluding NO2 is 1. The molecule has 2 N–H and O–H groups in total. The average molecular weight is 336 g/mol. The number of rotatable bonds is 6. The van der Waals surface area contributed by atoms with Crippen molar-refractivity contribution < 1.29 is 4.74 Å². The van der Waals surface area contributed by atoms with Crippen LogP contribution in [0.1, 0.15) is 5.56 Å². The molecule has 0 unspecified atom stereocenters. The van der Waals surface area contributed by atoms with E-state index in [0.717, 1.165) is 32.5 Å². The number of benzene rings is 3. The quantitative estimate of drug-likeness (QED) is 0.478. The van der Waals surface area contributed by atoms with Crippen molar-refractivity contribution >= 4 is 17.4 Å². The zero-order valence-electron chi connectivity index (χ0n) is 12.9. The topological polar surface area (TPSA) is 64.7 Å². The maximum absolute atomic E-state index is 10.2. The second-order valence-corrected chi connectivity index (χ2v) is 6.26. The van der Waals surface area contributed by atoms with Crippen molar-refractivity contribution in [2.75, 3.05) is 5.73 Å². The fraction of sp³-hybridized carbons (Fsp3) is 0.0526. The van der Waals surface area contributed by atoms with Crippen LogP contribution in [-0.2, 0) is 6.54 Å². The van der Waals surface area contributed by atoms with Crippen LogP contribution in [0.4, 0.5) is 5.69 Å². The molecule has 24 heavy (non-hydrogen) atoms. The van der Waals surface area contributed by atoms with Crippen molar-refractivity contribution in [3.05, 3.63) is 83.3 Å². The van der Waals surface area contributed by atoms with E-state index in [0.29, 0.717) is 0 Å². The van der Waals surface area contributed by atoms with Gasteiger partial charge in [0.2, 0.25) is 0 Å². The first-order valence-electron chi connectivity index (χ1n) is 7.43. The van der Waals surface area contributed by atoms with Gasteiger partial charge in [-0.05, 0) is 54.1 Å². The monoisotopic (exact) mass is 336 g/mol. The number of anilines is 1. The van der Waals surface area contributed by atoms with Gasteiger partial charge in [0.05, 0.1) is 0 Å². The molecular formula is C19H16N2O2S. The zero-order chi connectivity index (χ0) is 16.8. The second kappa shape index (κ2) is 7.66.